The number of rotatable bonds is 1. The van der Waals surface area contributed by atoms with Gasteiger partial charge in [-0.15, -0.1) is 5.01 Å². The first-order chi connectivity index (χ1) is 4.30. The van der Waals surface area contributed by atoms with Crippen molar-refractivity contribution in [1.82, 2.24) is 5.01 Å². The van der Waals surface area contributed by atoms with Gasteiger partial charge in [0.1, 0.15) is 6.79 Å². The molecular weight excluding hydrogens is 124 g/mol. The molecule has 1 fully saturated rings. The van der Waals surface area contributed by atoms with E-state index >= 15 is 0 Å². The molecule has 1 rings (SSSR count). The summed E-state index contributed by atoms with van der Waals surface area (Å²) in [7, 11) is 0. The van der Waals surface area contributed by atoms with Crippen molar-refractivity contribution >= 4 is 6.79 Å². The maximum atomic E-state index is 9.71. The first-order valence-electron chi connectivity index (χ1n) is 2.49. The number of carbonyl (C=O) groups is 1. The smallest absolute Gasteiger partial charge is 0.160 e. The number of nitrogens with zero attached hydrogens (tertiary/aromatic N) is 2. The van der Waals surface area contributed by atoms with Crippen LogP contribution in [0.25, 0.3) is 0 Å². The minimum absolute atomic E-state index is 0.358. The van der Waals surface area contributed by atoms with Gasteiger partial charge in [0, 0.05) is 0 Å². The molecule has 1 saturated heterocycles. The number of hydrogen-bond acceptors (Lipinski definition) is 3. The van der Waals surface area contributed by atoms with E-state index in [1.165, 1.54) is 5.01 Å². The van der Waals surface area contributed by atoms with Gasteiger partial charge < -0.3 is 4.79 Å². The van der Waals surface area contributed by atoms with E-state index in [-0.39, 0.29) is 5.03 Å². The number of nitro groups is 1. The van der Waals surface area contributed by atoms with E-state index in [2.05, 4.69) is 0 Å². The van der Waals surface area contributed by atoms with Gasteiger partial charge in [-0.25, -0.2) is 10.1 Å². The average Bonchev–Trinajstić information content (AvgIpc) is 1.65. The Balaban J connectivity index is 0.000000291. The van der Waals surface area contributed by atoms with Gasteiger partial charge in [0.05, 0.1) is 13.1 Å². The Kier molecular flexibility index (Phi) is 3.34. The van der Waals surface area contributed by atoms with Crippen LogP contribution in [0.15, 0.2) is 0 Å². The number of hydrazine groups is 1. The summed E-state index contributed by atoms with van der Waals surface area (Å²) in [5.74, 6) is 0. The van der Waals surface area contributed by atoms with Gasteiger partial charge in [-0.1, -0.05) is 0 Å². The number of hydrogen-bond donors (Lipinski definition) is 0. The standard InChI is InChI=1S/C3H6N2O2.CH2O/c6-5(7)4-2-1-3-4;1-2/h1-3H2;1H2. The topological polar surface area (TPSA) is 63.4 Å². The van der Waals surface area contributed by atoms with Crippen molar-refractivity contribution in [2.24, 2.45) is 0 Å². The summed E-state index contributed by atoms with van der Waals surface area (Å²) in [4.78, 5) is 17.7. The molecule has 5 heteroatoms. The van der Waals surface area contributed by atoms with E-state index < -0.39 is 0 Å². The van der Waals surface area contributed by atoms with Crippen LogP contribution in [0.3, 0.4) is 0 Å². The molecule has 0 aromatic rings. The van der Waals surface area contributed by atoms with Crippen LogP contribution in [0.5, 0.6) is 0 Å². The summed E-state index contributed by atoms with van der Waals surface area (Å²) in [6.45, 7) is 3.26. The first kappa shape index (κ1) is 7.87. The third-order valence-electron chi connectivity index (χ3n) is 1.06. The molecule has 9 heavy (non-hydrogen) atoms. The van der Waals surface area contributed by atoms with Crippen molar-refractivity contribution in [2.45, 2.75) is 6.42 Å². The highest BCUT2D eigenvalue weighted by molar-refractivity contribution is 5.10. The second kappa shape index (κ2) is 3.82. The predicted molar refractivity (Wildman–Crippen MR) is 30.3 cm³/mol. The van der Waals surface area contributed by atoms with Gasteiger partial charge in [-0.3, -0.25) is 0 Å². The molecule has 0 atom stereocenters. The summed E-state index contributed by atoms with van der Waals surface area (Å²) >= 11 is 0. The van der Waals surface area contributed by atoms with Crippen molar-refractivity contribution in [3.63, 3.8) is 0 Å². The third-order valence-corrected chi connectivity index (χ3v) is 1.06. The second-order valence-electron chi connectivity index (χ2n) is 1.55. The average molecular weight is 132 g/mol. The minimum atomic E-state index is -0.358. The Hall–Kier alpha value is -1.13. The van der Waals surface area contributed by atoms with E-state index in [0.717, 1.165) is 6.42 Å². The lowest BCUT2D eigenvalue weighted by molar-refractivity contribution is -0.669. The fourth-order valence-electron chi connectivity index (χ4n) is 0.463. The molecule has 0 spiro atoms. The van der Waals surface area contributed by atoms with Gasteiger partial charge in [0.25, 0.3) is 0 Å². The van der Waals surface area contributed by atoms with Crippen LogP contribution in [0.1, 0.15) is 6.42 Å². The Labute approximate surface area is 52.4 Å². The fourth-order valence-corrected chi connectivity index (χ4v) is 0.463. The predicted octanol–water partition coefficient (Wildman–Crippen LogP) is -0.301. The summed E-state index contributed by atoms with van der Waals surface area (Å²) < 4.78 is 0. The summed E-state index contributed by atoms with van der Waals surface area (Å²) in [6, 6.07) is 0. The van der Waals surface area contributed by atoms with Gasteiger partial charge >= 0.3 is 0 Å². The first-order valence-corrected chi connectivity index (χ1v) is 2.49. The van der Waals surface area contributed by atoms with E-state index in [0.29, 0.717) is 13.1 Å². The Morgan fingerprint density at radius 1 is 1.44 bits per heavy atom. The highest BCUT2D eigenvalue weighted by Gasteiger charge is 2.21. The van der Waals surface area contributed by atoms with Crippen LogP contribution < -0.4 is 0 Å². The lowest BCUT2D eigenvalue weighted by Gasteiger charge is -2.20. The molecule has 0 aromatic heterocycles. The molecule has 0 unspecified atom stereocenters. The zero-order valence-electron chi connectivity index (χ0n) is 4.95. The van der Waals surface area contributed by atoms with E-state index in [1.807, 2.05) is 6.79 Å². The number of carbonyl (C=O) groups excluding carboxylic acids is 1. The third kappa shape index (κ3) is 2.07. The van der Waals surface area contributed by atoms with Crippen LogP contribution in [0.2, 0.25) is 0 Å². The minimum Gasteiger partial charge on any atom is -0.307 e. The molecule has 52 valence electrons. The fraction of sp³-hybridized carbons (Fsp3) is 0.750. The normalized spacial score (nSPS) is 14.9. The van der Waals surface area contributed by atoms with Crippen LogP contribution in [-0.4, -0.2) is 29.9 Å². The van der Waals surface area contributed by atoms with Crippen molar-refractivity contribution in [3.05, 3.63) is 10.1 Å². The Bertz CT molecular complexity index is 102. The van der Waals surface area contributed by atoms with Gasteiger partial charge in [-0.05, 0) is 6.42 Å². The molecule has 1 aliphatic heterocycles. The molecule has 0 aliphatic carbocycles. The Morgan fingerprint density at radius 2 is 1.89 bits per heavy atom. The molecule has 0 saturated carbocycles. The van der Waals surface area contributed by atoms with Gasteiger partial charge in [-0.2, -0.15) is 0 Å². The van der Waals surface area contributed by atoms with E-state index in [9.17, 15) is 10.1 Å². The highest BCUT2D eigenvalue weighted by Crippen LogP contribution is 2.03. The maximum absolute atomic E-state index is 9.71. The second-order valence-corrected chi connectivity index (χ2v) is 1.55. The van der Waals surface area contributed by atoms with Crippen LogP contribution in [-0.2, 0) is 4.79 Å². The lowest BCUT2D eigenvalue weighted by atomic mass is 10.3. The molecule has 0 bridgehead atoms. The quantitative estimate of drug-likeness (QED) is 0.363. The zero-order valence-corrected chi connectivity index (χ0v) is 4.95. The molecular formula is C4H8N2O3. The SMILES string of the molecule is C=O.O=[N+]([O-])N1CCC1. The summed E-state index contributed by atoms with van der Waals surface area (Å²) in [5.41, 5.74) is 0. The molecule has 1 aliphatic rings. The summed E-state index contributed by atoms with van der Waals surface area (Å²) in [5, 5.41) is 10.5. The summed E-state index contributed by atoms with van der Waals surface area (Å²) in [6.07, 6.45) is 0.973. The Morgan fingerprint density at radius 3 is 1.89 bits per heavy atom. The monoisotopic (exact) mass is 132 g/mol. The zero-order chi connectivity index (χ0) is 7.28. The van der Waals surface area contributed by atoms with Gasteiger partial charge in [0.15, 0.2) is 5.03 Å². The van der Waals surface area contributed by atoms with Crippen LogP contribution in [0.4, 0.5) is 0 Å². The van der Waals surface area contributed by atoms with Gasteiger partial charge in [0.2, 0.25) is 0 Å². The van der Waals surface area contributed by atoms with Crippen molar-refractivity contribution in [2.75, 3.05) is 13.1 Å². The molecule has 0 aromatic carbocycles. The van der Waals surface area contributed by atoms with E-state index in [1.54, 1.807) is 0 Å². The maximum Gasteiger partial charge on any atom is 0.160 e. The van der Waals surface area contributed by atoms with Crippen molar-refractivity contribution in [3.8, 4) is 0 Å². The molecule has 0 amide bonds. The molecule has 0 N–H and O–H groups in total. The van der Waals surface area contributed by atoms with Crippen LogP contribution >= 0.6 is 0 Å². The lowest BCUT2D eigenvalue weighted by Crippen LogP contribution is -2.41. The molecule has 5 nitrogen and oxygen atoms in total. The highest BCUT2D eigenvalue weighted by atomic mass is 16.7. The van der Waals surface area contributed by atoms with Crippen molar-refractivity contribution in [1.29, 1.82) is 0 Å². The van der Waals surface area contributed by atoms with Crippen molar-refractivity contribution < 1.29 is 9.83 Å². The van der Waals surface area contributed by atoms with Crippen LogP contribution in [0, 0.1) is 10.1 Å². The molecule has 1 heterocycles. The van der Waals surface area contributed by atoms with E-state index in [4.69, 9.17) is 4.79 Å². The molecule has 0 radical (unpaired) electrons. The largest absolute Gasteiger partial charge is 0.307 e.